The molecule has 0 radical (unpaired) electrons. The number of hydroxylamine groups is 2. The molecule has 22 heavy (non-hydrogen) atoms. The monoisotopic (exact) mass is 499 g/mol. The molecule has 1 atom stereocenters. The van der Waals surface area contributed by atoms with Crippen LogP contribution in [0.4, 0.5) is 4.39 Å². The molecule has 0 aliphatic heterocycles. The van der Waals surface area contributed by atoms with Crippen molar-refractivity contribution < 1.29 is 14.0 Å². The SMILES string of the molecule is CON(C)C(=O)c1cnn(PI)c1Cc1ccc(F)cc1Br. The number of nitrogens with zero attached hydrogens (tertiary/aromatic N) is 3. The number of carbonyl (C=O) groups is 1. The molecule has 0 aliphatic rings. The highest BCUT2D eigenvalue weighted by molar-refractivity contribution is 14.2. The van der Waals surface area contributed by atoms with Gasteiger partial charge in [-0.1, -0.05) is 22.0 Å². The van der Waals surface area contributed by atoms with E-state index in [0.29, 0.717) is 22.8 Å². The van der Waals surface area contributed by atoms with Crippen LogP contribution in [-0.4, -0.2) is 34.7 Å². The molecule has 9 heteroatoms. The molecule has 1 amide bonds. The van der Waals surface area contributed by atoms with Gasteiger partial charge in [-0.15, -0.1) is 0 Å². The molecule has 5 nitrogen and oxygen atoms in total. The largest absolute Gasteiger partial charge is 0.280 e. The summed E-state index contributed by atoms with van der Waals surface area (Å²) < 4.78 is 15.6. The molecule has 0 aliphatic carbocycles. The summed E-state index contributed by atoms with van der Waals surface area (Å²) in [5.74, 6) is -0.577. The third-order valence-electron chi connectivity index (χ3n) is 3.11. The number of aromatic nitrogens is 2. The molecule has 1 aromatic heterocycles. The van der Waals surface area contributed by atoms with Crippen LogP contribution < -0.4 is 0 Å². The first-order chi connectivity index (χ1) is 10.5. The van der Waals surface area contributed by atoms with E-state index in [0.717, 1.165) is 16.3 Å². The van der Waals surface area contributed by atoms with Gasteiger partial charge in [0.2, 0.25) is 0 Å². The minimum atomic E-state index is -0.310. The molecule has 0 fully saturated rings. The van der Waals surface area contributed by atoms with Crippen molar-refractivity contribution in [2.75, 3.05) is 14.2 Å². The maximum absolute atomic E-state index is 13.2. The Labute approximate surface area is 150 Å². The van der Waals surface area contributed by atoms with Crippen molar-refractivity contribution in [1.82, 2.24) is 14.6 Å². The predicted octanol–water partition coefficient (Wildman–Crippen LogP) is 3.80. The van der Waals surface area contributed by atoms with Crippen molar-refractivity contribution in [1.29, 1.82) is 0 Å². The van der Waals surface area contributed by atoms with Crippen LogP contribution in [0.3, 0.4) is 0 Å². The van der Waals surface area contributed by atoms with E-state index in [4.69, 9.17) is 4.84 Å². The van der Waals surface area contributed by atoms with Gasteiger partial charge in [0.1, 0.15) is 5.82 Å². The molecule has 1 unspecified atom stereocenters. The number of amides is 1. The van der Waals surface area contributed by atoms with Crippen LogP contribution >= 0.6 is 44.3 Å². The van der Waals surface area contributed by atoms with Crippen molar-refractivity contribution in [3.05, 3.63) is 51.5 Å². The third-order valence-corrected chi connectivity index (χ3v) is 5.77. The minimum absolute atomic E-state index is 0.267. The first-order valence-corrected chi connectivity index (χ1v) is 11.0. The average Bonchev–Trinajstić information content (AvgIpc) is 2.91. The van der Waals surface area contributed by atoms with Gasteiger partial charge in [0.15, 0.2) is 0 Å². The van der Waals surface area contributed by atoms with Crippen molar-refractivity contribution in [3.63, 3.8) is 0 Å². The smallest absolute Gasteiger partial charge is 0.274 e. The fraction of sp³-hybridized carbons (Fsp3) is 0.231. The molecule has 118 valence electrons. The zero-order valence-electron chi connectivity index (χ0n) is 11.8. The fourth-order valence-corrected chi connectivity index (χ4v) is 4.03. The Hall–Kier alpha value is -0.570. The Morgan fingerprint density at radius 2 is 2.32 bits per heavy atom. The van der Waals surface area contributed by atoms with Gasteiger partial charge in [-0.2, -0.15) is 5.10 Å². The molecule has 2 rings (SSSR count). The number of hydrogen-bond acceptors (Lipinski definition) is 3. The Morgan fingerprint density at radius 1 is 1.59 bits per heavy atom. The normalized spacial score (nSPS) is 11.3. The van der Waals surface area contributed by atoms with E-state index in [1.54, 1.807) is 17.6 Å². The predicted molar refractivity (Wildman–Crippen MR) is 96.0 cm³/mol. The van der Waals surface area contributed by atoms with Gasteiger partial charge < -0.3 is 0 Å². The maximum Gasteiger partial charge on any atom is 0.280 e. The molecule has 0 saturated heterocycles. The number of benzene rings is 1. The summed E-state index contributed by atoms with van der Waals surface area (Å²) in [4.78, 5) is 17.3. The van der Waals surface area contributed by atoms with Gasteiger partial charge in [0.05, 0.1) is 30.9 Å². The lowest BCUT2D eigenvalue weighted by Gasteiger charge is -2.14. The summed E-state index contributed by atoms with van der Waals surface area (Å²) in [7, 11) is 2.97. The molecule has 1 heterocycles. The van der Waals surface area contributed by atoms with Gasteiger partial charge in [0.25, 0.3) is 5.91 Å². The third kappa shape index (κ3) is 3.84. The number of rotatable bonds is 5. The Bertz CT molecular complexity index is 698. The quantitative estimate of drug-likeness (QED) is 0.357. The van der Waals surface area contributed by atoms with Gasteiger partial charge in [-0.05, 0) is 39.7 Å². The van der Waals surface area contributed by atoms with Gasteiger partial charge >= 0.3 is 0 Å². The van der Waals surface area contributed by atoms with E-state index in [1.807, 2.05) is 0 Å². The van der Waals surface area contributed by atoms with Crippen molar-refractivity contribution >= 4 is 50.3 Å². The summed E-state index contributed by atoms with van der Waals surface area (Å²) in [6, 6.07) is 4.50. The lowest BCUT2D eigenvalue weighted by Crippen LogP contribution is -2.26. The average molecular weight is 500 g/mol. The summed E-state index contributed by atoms with van der Waals surface area (Å²) >= 11 is 5.55. The minimum Gasteiger partial charge on any atom is -0.274 e. The van der Waals surface area contributed by atoms with Gasteiger partial charge in [0, 0.05) is 17.9 Å². The second-order valence-corrected chi connectivity index (χ2v) is 7.29. The zero-order valence-corrected chi connectivity index (χ0v) is 16.6. The van der Waals surface area contributed by atoms with Crippen molar-refractivity contribution in [3.8, 4) is 0 Å². The van der Waals surface area contributed by atoms with E-state index in [2.05, 4.69) is 43.1 Å². The number of carbonyl (C=O) groups excluding carboxylic acids is 1. The summed E-state index contributed by atoms with van der Waals surface area (Å²) in [6.45, 7) is 0. The Morgan fingerprint density at radius 3 is 2.91 bits per heavy atom. The van der Waals surface area contributed by atoms with Crippen molar-refractivity contribution in [2.24, 2.45) is 0 Å². The van der Waals surface area contributed by atoms with E-state index in [1.165, 1.54) is 25.4 Å². The first kappa shape index (κ1) is 17.8. The highest BCUT2D eigenvalue weighted by atomic mass is 127. The molecule has 0 saturated carbocycles. The summed E-state index contributed by atoms with van der Waals surface area (Å²) in [6.07, 6.45) is 2.36. The molecular weight excluding hydrogens is 487 g/mol. The van der Waals surface area contributed by atoms with Crippen molar-refractivity contribution in [2.45, 2.75) is 6.42 Å². The summed E-state index contributed by atoms with van der Waals surface area (Å²) in [5, 5.41) is 5.40. The van der Waals surface area contributed by atoms with Gasteiger partial charge in [-0.3, -0.25) is 9.63 Å². The topological polar surface area (TPSA) is 47.4 Å². The van der Waals surface area contributed by atoms with E-state index in [9.17, 15) is 9.18 Å². The molecule has 0 spiro atoms. The van der Waals surface area contributed by atoms with Crippen LogP contribution in [0.1, 0.15) is 21.6 Å². The van der Waals surface area contributed by atoms with Crippen LogP contribution in [0.25, 0.3) is 0 Å². The molecule has 2 aromatic rings. The Balaban J connectivity index is 2.40. The van der Waals surface area contributed by atoms with E-state index < -0.39 is 0 Å². The first-order valence-electron chi connectivity index (χ1n) is 6.17. The van der Waals surface area contributed by atoms with Crippen LogP contribution in [0, 0.1) is 5.82 Å². The number of halogens is 3. The highest BCUT2D eigenvalue weighted by Crippen LogP contribution is 2.30. The van der Waals surface area contributed by atoms with Crippen LogP contribution in [0.5, 0.6) is 0 Å². The standard InChI is InChI=1S/C13H13BrFIN3O2P/c1-18(21-2)13(20)10-7-17-19(22-16)12(10)5-8-3-4-9(15)6-11(8)14/h3-4,6-7,22H,5H2,1-2H3. The molecule has 0 N–H and O–H groups in total. The second-order valence-electron chi connectivity index (χ2n) is 4.40. The van der Waals surface area contributed by atoms with E-state index >= 15 is 0 Å². The van der Waals surface area contributed by atoms with Crippen LogP contribution in [0.2, 0.25) is 0 Å². The second kappa shape index (κ2) is 7.81. The Kier molecular flexibility index (Phi) is 6.31. The van der Waals surface area contributed by atoms with Crippen LogP contribution in [-0.2, 0) is 11.3 Å². The van der Waals surface area contributed by atoms with Gasteiger partial charge in [-0.25, -0.2) is 13.9 Å². The zero-order chi connectivity index (χ0) is 16.3. The molecular formula is C13H13BrFIN3O2P. The van der Waals surface area contributed by atoms with Crippen LogP contribution in [0.15, 0.2) is 28.9 Å². The number of hydrogen-bond donors (Lipinski definition) is 0. The fourth-order valence-electron chi connectivity index (χ4n) is 1.89. The summed E-state index contributed by atoms with van der Waals surface area (Å²) in [5.41, 5.74) is 2.13. The lowest BCUT2D eigenvalue weighted by molar-refractivity contribution is -0.0757. The molecule has 0 bridgehead atoms. The highest BCUT2D eigenvalue weighted by Gasteiger charge is 2.21. The lowest BCUT2D eigenvalue weighted by atomic mass is 10.1. The maximum atomic E-state index is 13.2. The van der Waals surface area contributed by atoms with E-state index in [-0.39, 0.29) is 11.7 Å². The molecule has 1 aromatic carbocycles.